The lowest BCUT2D eigenvalue weighted by atomic mass is 10.0. The molecule has 0 spiro atoms. The van der Waals surface area contributed by atoms with Gasteiger partial charge >= 0.3 is 5.97 Å². The quantitative estimate of drug-likeness (QED) is 0.854. The Morgan fingerprint density at radius 3 is 2.59 bits per heavy atom. The first-order valence-electron chi connectivity index (χ1n) is 5.25. The molecule has 0 amide bonds. The summed E-state index contributed by atoms with van der Waals surface area (Å²) in [6, 6.07) is 5.05. The average molecular weight is 276 g/mol. The van der Waals surface area contributed by atoms with Crippen molar-refractivity contribution in [2.75, 3.05) is 12.4 Å². The molecule has 0 aliphatic rings. The summed E-state index contributed by atoms with van der Waals surface area (Å²) in [5.41, 5.74) is 0.711. The highest BCUT2D eigenvalue weighted by molar-refractivity contribution is 6.35. The van der Waals surface area contributed by atoms with Gasteiger partial charge < -0.3 is 10.1 Å². The zero-order valence-electron chi connectivity index (χ0n) is 9.96. The molecule has 0 aliphatic carbocycles. The van der Waals surface area contributed by atoms with Gasteiger partial charge in [-0.05, 0) is 32.0 Å². The Morgan fingerprint density at radius 1 is 1.35 bits per heavy atom. The number of carbonyl (C=O) groups excluding carboxylic acids is 1. The molecule has 0 fully saturated rings. The molecule has 0 saturated heterocycles. The van der Waals surface area contributed by atoms with Crippen LogP contribution in [0.25, 0.3) is 0 Å². The van der Waals surface area contributed by atoms with Crippen LogP contribution in [-0.2, 0) is 9.53 Å². The second-order valence-electron chi connectivity index (χ2n) is 3.87. The molecule has 1 aromatic rings. The highest BCUT2D eigenvalue weighted by Gasteiger charge is 2.21. The smallest absolute Gasteiger partial charge is 0.310 e. The van der Waals surface area contributed by atoms with E-state index in [4.69, 9.17) is 23.2 Å². The lowest BCUT2D eigenvalue weighted by molar-refractivity contribution is -0.145. The second-order valence-corrected chi connectivity index (χ2v) is 4.71. The molecule has 0 bridgehead atoms. The maximum Gasteiger partial charge on any atom is 0.310 e. The number of carbonyl (C=O) groups is 1. The summed E-state index contributed by atoms with van der Waals surface area (Å²) in [4.78, 5) is 11.4. The van der Waals surface area contributed by atoms with Crippen LogP contribution in [0.15, 0.2) is 18.2 Å². The highest BCUT2D eigenvalue weighted by Crippen LogP contribution is 2.27. The van der Waals surface area contributed by atoms with E-state index in [0.29, 0.717) is 15.7 Å². The summed E-state index contributed by atoms with van der Waals surface area (Å²) in [5, 5.41) is 4.31. The molecule has 0 radical (unpaired) electrons. The SMILES string of the molecule is COC(=O)C(C)C(C)Nc1cc(Cl)ccc1Cl. The first-order chi connectivity index (χ1) is 7.95. The second kappa shape index (κ2) is 6.12. The largest absolute Gasteiger partial charge is 0.469 e. The summed E-state index contributed by atoms with van der Waals surface area (Å²) in [6.45, 7) is 3.68. The van der Waals surface area contributed by atoms with Crippen molar-refractivity contribution >= 4 is 34.9 Å². The number of ether oxygens (including phenoxy) is 1. The van der Waals surface area contributed by atoms with Gasteiger partial charge in [-0.1, -0.05) is 23.2 Å². The lowest BCUT2D eigenvalue weighted by Gasteiger charge is -2.21. The van der Waals surface area contributed by atoms with E-state index in [9.17, 15) is 4.79 Å². The van der Waals surface area contributed by atoms with E-state index in [1.165, 1.54) is 7.11 Å². The fraction of sp³-hybridized carbons (Fsp3) is 0.417. The molecule has 3 nitrogen and oxygen atoms in total. The number of methoxy groups -OCH3 is 1. The van der Waals surface area contributed by atoms with Crippen molar-refractivity contribution in [3.8, 4) is 0 Å². The summed E-state index contributed by atoms with van der Waals surface area (Å²) in [7, 11) is 1.37. The van der Waals surface area contributed by atoms with Crippen molar-refractivity contribution in [3.63, 3.8) is 0 Å². The van der Waals surface area contributed by atoms with Gasteiger partial charge in [0.05, 0.1) is 23.7 Å². The number of hydrogen-bond acceptors (Lipinski definition) is 3. The molecule has 2 atom stereocenters. The standard InChI is InChI=1S/C12H15Cl2NO2/c1-7(12(16)17-3)8(2)15-11-6-9(13)4-5-10(11)14/h4-8,15H,1-3H3. The molecule has 94 valence electrons. The topological polar surface area (TPSA) is 38.3 Å². The minimum Gasteiger partial charge on any atom is -0.469 e. The number of benzene rings is 1. The molecule has 0 aromatic heterocycles. The molecule has 2 unspecified atom stereocenters. The van der Waals surface area contributed by atoms with E-state index in [1.54, 1.807) is 25.1 Å². The van der Waals surface area contributed by atoms with E-state index in [1.807, 2.05) is 6.92 Å². The van der Waals surface area contributed by atoms with Crippen molar-refractivity contribution in [2.24, 2.45) is 5.92 Å². The Bertz CT molecular complexity index is 409. The third-order valence-electron chi connectivity index (χ3n) is 2.63. The number of hydrogen-bond donors (Lipinski definition) is 1. The summed E-state index contributed by atoms with van der Waals surface area (Å²) < 4.78 is 4.69. The summed E-state index contributed by atoms with van der Waals surface area (Å²) in [5.74, 6) is -0.529. The molecular weight excluding hydrogens is 261 g/mol. The highest BCUT2D eigenvalue weighted by atomic mass is 35.5. The van der Waals surface area contributed by atoms with Crippen molar-refractivity contribution in [3.05, 3.63) is 28.2 Å². The maximum atomic E-state index is 11.4. The van der Waals surface area contributed by atoms with Crippen molar-refractivity contribution < 1.29 is 9.53 Å². The first kappa shape index (κ1) is 14.1. The van der Waals surface area contributed by atoms with Crippen LogP contribution < -0.4 is 5.32 Å². The number of rotatable bonds is 4. The fourth-order valence-electron chi connectivity index (χ4n) is 1.37. The maximum absolute atomic E-state index is 11.4. The van der Waals surface area contributed by atoms with Gasteiger partial charge in [-0.15, -0.1) is 0 Å². The van der Waals surface area contributed by atoms with Gasteiger partial charge in [-0.25, -0.2) is 0 Å². The molecule has 17 heavy (non-hydrogen) atoms. The monoisotopic (exact) mass is 275 g/mol. The minimum atomic E-state index is -0.268. The summed E-state index contributed by atoms with van der Waals surface area (Å²) in [6.07, 6.45) is 0. The predicted octanol–water partition coefficient (Wildman–Crippen LogP) is 3.60. The van der Waals surface area contributed by atoms with Crippen LogP contribution in [0, 0.1) is 5.92 Å². The van der Waals surface area contributed by atoms with Crippen LogP contribution in [0.2, 0.25) is 10.0 Å². The van der Waals surface area contributed by atoms with Gasteiger partial charge in [0.25, 0.3) is 0 Å². The minimum absolute atomic E-state index is 0.0987. The first-order valence-corrected chi connectivity index (χ1v) is 6.00. The van der Waals surface area contributed by atoms with Crippen LogP contribution in [0.3, 0.4) is 0 Å². The van der Waals surface area contributed by atoms with E-state index < -0.39 is 0 Å². The number of nitrogens with one attached hydrogen (secondary N) is 1. The predicted molar refractivity (Wildman–Crippen MR) is 70.7 cm³/mol. The van der Waals surface area contributed by atoms with Crippen LogP contribution in [0.1, 0.15) is 13.8 Å². The van der Waals surface area contributed by atoms with E-state index in [2.05, 4.69) is 10.1 Å². The van der Waals surface area contributed by atoms with Crippen molar-refractivity contribution in [2.45, 2.75) is 19.9 Å². The number of anilines is 1. The van der Waals surface area contributed by atoms with Gasteiger partial charge in [0.2, 0.25) is 0 Å². The van der Waals surface area contributed by atoms with Crippen LogP contribution in [0.4, 0.5) is 5.69 Å². The van der Waals surface area contributed by atoms with Crippen molar-refractivity contribution in [1.82, 2.24) is 0 Å². The van der Waals surface area contributed by atoms with E-state index in [-0.39, 0.29) is 17.9 Å². The summed E-state index contributed by atoms with van der Waals surface area (Å²) >= 11 is 11.9. The Labute approximate surface area is 111 Å². The van der Waals surface area contributed by atoms with Gasteiger partial charge in [-0.2, -0.15) is 0 Å². The Morgan fingerprint density at radius 2 is 2.00 bits per heavy atom. The molecule has 0 aliphatic heterocycles. The third kappa shape index (κ3) is 3.79. The van der Waals surface area contributed by atoms with Gasteiger partial charge in [0.15, 0.2) is 0 Å². The molecule has 1 rings (SSSR count). The zero-order chi connectivity index (χ0) is 13.0. The molecule has 5 heteroatoms. The zero-order valence-corrected chi connectivity index (χ0v) is 11.5. The van der Waals surface area contributed by atoms with Crippen LogP contribution in [-0.4, -0.2) is 19.1 Å². The molecule has 1 aromatic carbocycles. The Kier molecular flexibility index (Phi) is 5.09. The third-order valence-corrected chi connectivity index (χ3v) is 3.20. The van der Waals surface area contributed by atoms with Gasteiger partial charge in [0.1, 0.15) is 0 Å². The molecule has 0 heterocycles. The Hall–Kier alpha value is -0.930. The normalized spacial score (nSPS) is 13.9. The average Bonchev–Trinajstić information content (AvgIpc) is 2.31. The lowest BCUT2D eigenvalue weighted by Crippen LogP contribution is -2.30. The molecule has 1 N–H and O–H groups in total. The number of halogens is 2. The van der Waals surface area contributed by atoms with E-state index >= 15 is 0 Å². The van der Waals surface area contributed by atoms with Crippen LogP contribution >= 0.6 is 23.2 Å². The van der Waals surface area contributed by atoms with Crippen LogP contribution in [0.5, 0.6) is 0 Å². The van der Waals surface area contributed by atoms with Gasteiger partial charge in [0, 0.05) is 11.1 Å². The van der Waals surface area contributed by atoms with Crippen molar-refractivity contribution in [1.29, 1.82) is 0 Å². The van der Waals surface area contributed by atoms with E-state index in [0.717, 1.165) is 0 Å². The molecular formula is C12H15Cl2NO2. The number of esters is 1. The molecule has 0 saturated carbocycles. The fourth-order valence-corrected chi connectivity index (χ4v) is 1.71. The Balaban J connectivity index is 2.77. The van der Waals surface area contributed by atoms with Gasteiger partial charge in [-0.3, -0.25) is 4.79 Å².